The number of nitrogens with zero attached hydrogens (tertiary/aromatic N) is 2. The Morgan fingerprint density at radius 3 is 2.09 bits per heavy atom. The van der Waals surface area contributed by atoms with Gasteiger partial charge in [0.25, 0.3) is 0 Å². The number of sulfonamides is 1. The highest BCUT2D eigenvalue weighted by Crippen LogP contribution is 2.24. The maximum atomic E-state index is 14.2. The summed E-state index contributed by atoms with van der Waals surface area (Å²) in [5.74, 6) is -0.276. The molecule has 0 bridgehead atoms. The van der Waals surface area contributed by atoms with Gasteiger partial charge in [-0.3, -0.25) is 13.9 Å². The molecule has 0 saturated heterocycles. The van der Waals surface area contributed by atoms with Crippen LogP contribution in [0.25, 0.3) is 0 Å². The Kier molecular flexibility index (Phi) is 12.6. The Hall–Kier alpha value is -4.34. The van der Waals surface area contributed by atoms with E-state index in [-0.39, 0.29) is 18.9 Å². The van der Waals surface area contributed by atoms with Gasteiger partial charge in [0.05, 0.1) is 11.9 Å². The summed E-state index contributed by atoms with van der Waals surface area (Å²) in [4.78, 5) is 29.4. The first-order valence-electron chi connectivity index (χ1n) is 15.2. The molecule has 0 fully saturated rings. The topological polar surface area (TPSA) is 96.0 Å². The van der Waals surface area contributed by atoms with E-state index in [1.807, 2.05) is 73.7 Å². The lowest BCUT2D eigenvalue weighted by molar-refractivity contribution is -0.140. The maximum Gasteiger partial charge on any atom is 0.244 e. The first-order valence-corrected chi connectivity index (χ1v) is 17.5. The number of anilines is 1. The van der Waals surface area contributed by atoms with Gasteiger partial charge in [0, 0.05) is 24.5 Å². The van der Waals surface area contributed by atoms with Gasteiger partial charge in [-0.2, -0.15) is 0 Å². The third-order valence-corrected chi connectivity index (χ3v) is 8.77. The highest BCUT2D eigenvalue weighted by Gasteiger charge is 2.33. The molecule has 0 aliphatic carbocycles. The molecule has 4 aromatic carbocycles. The van der Waals surface area contributed by atoms with Gasteiger partial charge in [-0.1, -0.05) is 97.7 Å². The van der Waals surface area contributed by atoms with Gasteiger partial charge in [-0.15, -0.1) is 0 Å². The van der Waals surface area contributed by atoms with E-state index in [1.54, 1.807) is 42.5 Å². The Morgan fingerprint density at radius 2 is 1.48 bits per heavy atom. The van der Waals surface area contributed by atoms with Gasteiger partial charge >= 0.3 is 0 Å². The molecule has 0 radical (unpaired) electrons. The van der Waals surface area contributed by atoms with Crippen LogP contribution in [-0.2, 0) is 39.2 Å². The minimum atomic E-state index is -3.89. The van der Waals surface area contributed by atoms with Crippen molar-refractivity contribution in [3.8, 4) is 5.75 Å². The predicted molar refractivity (Wildman–Crippen MR) is 183 cm³/mol. The van der Waals surface area contributed by atoms with E-state index in [0.29, 0.717) is 35.2 Å². The third kappa shape index (κ3) is 10.4. The van der Waals surface area contributed by atoms with Crippen LogP contribution in [0.4, 0.5) is 5.69 Å². The van der Waals surface area contributed by atoms with E-state index in [0.717, 1.165) is 34.5 Å². The van der Waals surface area contributed by atoms with Gasteiger partial charge in [-0.05, 0) is 59.5 Å². The summed E-state index contributed by atoms with van der Waals surface area (Å²) in [6, 6.07) is 31.9. The van der Waals surface area contributed by atoms with Crippen LogP contribution in [0.1, 0.15) is 36.5 Å². The van der Waals surface area contributed by atoms with E-state index in [9.17, 15) is 18.0 Å². The summed E-state index contributed by atoms with van der Waals surface area (Å²) in [7, 11) is -3.89. The number of amides is 2. The molecule has 1 N–H and O–H groups in total. The molecule has 0 heterocycles. The molecule has 4 aromatic rings. The Balaban J connectivity index is 1.63. The van der Waals surface area contributed by atoms with Crippen LogP contribution in [0.15, 0.2) is 109 Å². The average molecular weight is 662 g/mol. The molecule has 0 aliphatic rings. The second-order valence-electron chi connectivity index (χ2n) is 11.0. The van der Waals surface area contributed by atoms with Gasteiger partial charge in [0.2, 0.25) is 21.8 Å². The second-order valence-corrected chi connectivity index (χ2v) is 13.4. The first kappa shape index (κ1) is 34.5. The molecular weight excluding hydrogens is 622 g/mol. The summed E-state index contributed by atoms with van der Waals surface area (Å²) in [6.07, 6.45) is 2.99. The quantitative estimate of drug-likeness (QED) is 0.143. The normalized spacial score (nSPS) is 11.8. The summed E-state index contributed by atoms with van der Waals surface area (Å²) in [6.45, 7) is 2.41. The molecule has 0 saturated carbocycles. The molecule has 0 aromatic heterocycles. The van der Waals surface area contributed by atoms with Gasteiger partial charge in [-0.25, -0.2) is 8.42 Å². The SMILES string of the molecule is CCCCNC(=O)C(Cc1ccccc1)N(Cc1cccc(Cl)c1)C(=O)CN(c1ccc(OCc2ccccc2)cc1)S(C)(=O)=O. The fraction of sp³-hybridized carbons (Fsp3) is 0.278. The maximum absolute atomic E-state index is 14.2. The predicted octanol–water partition coefficient (Wildman–Crippen LogP) is 6.24. The van der Waals surface area contributed by atoms with E-state index in [1.165, 1.54) is 4.90 Å². The van der Waals surface area contributed by atoms with Crippen molar-refractivity contribution in [2.75, 3.05) is 23.7 Å². The van der Waals surface area contributed by atoms with Crippen LogP contribution in [0.3, 0.4) is 0 Å². The number of carbonyl (C=O) groups is 2. The van der Waals surface area contributed by atoms with Crippen molar-refractivity contribution in [1.82, 2.24) is 10.2 Å². The number of hydrogen-bond donors (Lipinski definition) is 1. The molecule has 10 heteroatoms. The Bertz CT molecular complexity index is 1670. The molecule has 8 nitrogen and oxygen atoms in total. The number of nitrogens with one attached hydrogen (secondary N) is 1. The minimum absolute atomic E-state index is 0.0575. The Morgan fingerprint density at radius 1 is 0.848 bits per heavy atom. The Labute approximate surface area is 277 Å². The number of benzene rings is 4. The molecular formula is C36H40ClN3O5S. The fourth-order valence-electron chi connectivity index (χ4n) is 4.96. The second kappa shape index (κ2) is 16.8. The van der Waals surface area contributed by atoms with Crippen LogP contribution >= 0.6 is 11.6 Å². The van der Waals surface area contributed by atoms with Crippen molar-refractivity contribution in [3.05, 3.63) is 131 Å². The molecule has 0 aliphatic heterocycles. The molecule has 0 spiro atoms. The smallest absolute Gasteiger partial charge is 0.244 e. The van der Waals surface area contributed by atoms with Crippen LogP contribution in [0, 0.1) is 0 Å². The monoisotopic (exact) mass is 661 g/mol. The summed E-state index contributed by atoms with van der Waals surface area (Å²) >= 11 is 6.28. The van der Waals surface area contributed by atoms with Crippen LogP contribution in [0.2, 0.25) is 5.02 Å². The first-order chi connectivity index (χ1) is 22.1. The lowest BCUT2D eigenvalue weighted by Gasteiger charge is -2.33. The molecule has 242 valence electrons. The van der Waals surface area contributed by atoms with Crippen molar-refractivity contribution in [2.45, 2.75) is 45.4 Å². The molecule has 2 amide bonds. The number of halogens is 1. The number of rotatable bonds is 16. The fourth-order valence-corrected chi connectivity index (χ4v) is 6.02. The van der Waals surface area contributed by atoms with E-state index >= 15 is 0 Å². The number of carbonyl (C=O) groups excluding carboxylic acids is 2. The van der Waals surface area contributed by atoms with Gasteiger partial charge < -0.3 is 15.0 Å². The molecule has 1 atom stereocenters. The number of hydrogen-bond acceptors (Lipinski definition) is 5. The van der Waals surface area contributed by atoms with Crippen LogP contribution in [-0.4, -0.2) is 50.5 Å². The molecule has 46 heavy (non-hydrogen) atoms. The average Bonchev–Trinajstić information content (AvgIpc) is 3.05. The van der Waals surface area contributed by atoms with Gasteiger partial charge in [0.15, 0.2) is 0 Å². The van der Waals surface area contributed by atoms with Crippen LogP contribution < -0.4 is 14.4 Å². The van der Waals surface area contributed by atoms with E-state index in [4.69, 9.17) is 16.3 Å². The van der Waals surface area contributed by atoms with Crippen molar-refractivity contribution in [3.63, 3.8) is 0 Å². The zero-order valence-electron chi connectivity index (χ0n) is 26.1. The van der Waals surface area contributed by atoms with Crippen molar-refractivity contribution in [2.24, 2.45) is 0 Å². The number of unbranched alkanes of at least 4 members (excludes halogenated alkanes) is 1. The zero-order chi connectivity index (χ0) is 32.9. The van der Waals surface area contributed by atoms with Crippen molar-refractivity contribution >= 4 is 39.1 Å². The minimum Gasteiger partial charge on any atom is -0.489 e. The van der Waals surface area contributed by atoms with E-state index in [2.05, 4.69) is 5.32 Å². The standard InChI is InChI=1S/C36H40ClN3O5S/c1-3-4-22-38-36(42)34(24-28-12-7-5-8-13-28)39(25-30-16-11-17-31(37)23-30)35(41)26-40(46(2,43)44)32-18-20-33(21-19-32)45-27-29-14-9-6-10-15-29/h5-21,23,34H,3-4,22,24-27H2,1-2H3,(H,38,42). The van der Waals surface area contributed by atoms with Crippen LogP contribution in [0.5, 0.6) is 5.75 Å². The summed E-state index contributed by atoms with van der Waals surface area (Å²) in [5.41, 5.74) is 2.88. The third-order valence-electron chi connectivity index (χ3n) is 7.39. The molecule has 1 unspecified atom stereocenters. The van der Waals surface area contributed by atoms with Crippen molar-refractivity contribution < 1.29 is 22.7 Å². The summed E-state index contributed by atoms with van der Waals surface area (Å²) in [5, 5.41) is 3.47. The summed E-state index contributed by atoms with van der Waals surface area (Å²) < 4.78 is 33.1. The lowest BCUT2D eigenvalue weighted by atomic mass is 10.0. The van der Waals surface area contributed by atoms with Gasteiger partial charge in [0.1, 0.15) is 24.9 Å². The number of ether oxygens (including phenoxy) is 1. The zero-order valence-corrected chi connectivity index (χ0v) is 27.7. The highest BCUT2D eigenvalue weighted by molar-refractivity contribution is 7.92. The largest absolute Gasteiger partial charge is 0.489 e. The highest BCUT2D eigenvalue weighted by atomic mass is 35.5. The lowest BCUT2D eigenvalue weighted by Crippen LogP contribution is -2.53. The van der Waals surface area contributed by atoms with E-state index < -0.39 is 28.5 Å². The van der Waals surface area contributed by atoms with Crippen molar-refractivity contribution in [1.29, 1.82) is 0 Å². The molecule has 4 rings (SSSR count).